The van der Waals surface area contributed by atoms with Crippen LogP contribution in [0.1, 0.15) is 21.5 Å². The van der Waals surface area contributed by atoms with Crippen molar-refractivity contribution >= 4 is 23.6 Å². The predicted molar refractivity (Wildman–Crippen MR) is 91.5 cm³/mol. The van der Waals surface area contributed by atoms with Crippen LogP contribution in [0.2, 0.25) is 0 Å². The summed E-state index contributed by atoms with van der Waals surface area (Å²) in [5, 5.41) is 2.87. The summed E-state index contributed by atoms with van der Waals surface area (Å²) in [7, 11) is 1.35. The maximum atomic E-state index is 11.9. The quantitative estimate of drug-likeness (QED) is 0.653. The SMILES string of the molecule is COC(=O)c1ccc(CNC(=O)CSc2ccc(C)cc2)cc1. The molecule has 0 fully saturated rings. The number of benzene rings is 2. The second-order valence-electron chi connectivity index (χ2n) is 5.07. The van der Waals surface area contributed by atoms with Crippen molar-refractivity contribution in [2.45, 2.75) is 18.4 Å². The van der Waals surface area contributed by atoms with Gasteiger partial charge in [-0.1, -0.05) is 29.8 Å². The number of esters is 1. The van der Waals surface area contributed by atoms with Crippen molar-refractivity contribution in [3.8, 4) is 0 Å². The third-order valence-electron chi connectivity index (χ3n) is 3.26. The highest BCUT2D eigenvalue weighted by molar-refractivity contribution is 8.00. The zero-order valence-corrected chi connectivity index (χ0v) is 14.0. The van der Waals surface area contributed by atoms with Crippen LogP contribution in [0.5, 0.6) is 0 Å². The summed E-state index contributed by atoms with van der Waals surface area (Å²) in [6, 6.07) is 15.1. The topological polar surface area (TPSA) is 55.4 Å². The number of amides is 1. The van der Waals surface area contributed by atoms with Gasteiger partial charge < -0.3 is 10.1 Å². The molecule has 4 nitrogen and oxygen atoms in total. The molecule has 0 unspecified atom stereocenters. The lowest BCUT2D eigenvalue weighted by atomic mass is 10.1. The Labute approximate surface area is 140 Å². The predicted octanol–water partition coefficient (Wildman–Crippen LogP) is 3.19. The summed E-state index contributed by atoms with van der Waals surface area (Å²) in [5.74, 6) is -0.00811. The Morgan fingerprint density at radius 1 is 1.04 bits per heavy atom. The van der Waals surface area contributed by atoms with E-state index in [0.717, 1.165) is 10.5 Å². The molecule has 0 spiro atoms. The van der Waals surface area contributed by atoms with Gasteiger partial charge in [-0.05, 0) is 36.8 Å². The van der Waals surface area contributed by atoms with Gasteiger partial charge in [0.25, 0.3) is 0 Å². The minimum Gasteiger partial charge on any atom is -0.465 e. The second-order valence-corrected chi connectivity index (χ2v) is 6.12. The third-order valence-corrected chi connectivity index (χ3v) is 4.27. The van der Waals surface area contributed by atoms with E-state index in [-0.39, 0.29) is 11.9 Å². The van der Waals surface area contributed by atoms with E-state index in [1.54, 1.807) is 24.3 Å². The van der Waals surface area contributed by atoms with Crippen molar-refractivity contribution in [3.05, 3.63) is 65.2 Å². The van der Waals surface area contributed by atoms with Gasteiger partial charge in [-0.3, -0.25) is 4.79 Å². The lowest BCUT2D eigenvalue weighted by molar-refractivity contribution is -0.118. The zero-order chi connectivity index (χ0) is 16.7. The summed E-state index contributed by atoms with van der Waals surface area (Å²) in [4.78, 5) is 24.3. The van der Waals surface area contributed by atoms with E-state index in [1.165, 1.54) is 24.4 Å². The third kappa shape index (κ3) is 5.45. The summed E-state index contributed by atoms with van der Waals surface area (Å²) in [6.45, 7) is 2.47. The molecule has 0 saturated heterocycles. The molecule has 0 saturated carbocycles. The number of nitrogens with one attached hydrogen (secondary N) is 1. The Morgan fingerprint density at radius 3 is 2.30 bits per heavy atom. The van der Waals surface area contributed by atoms with E-state index in [1.807, 2.05) is 31.2 Å². The van der Waals surface area contributed by atoms with Gasteiger partial charge >= 0.3 is 5.97 Å². The van der Waals surface area contributed by atoms with Crippen molar-refractivity contribution < 1.29 is 14.3 Å². The maximum Gasteiger partial charge on any atom is 0.337 e. The van der Waals surface area contributed by atoms with Crippen LogP contribution in [-0.2, 0) is 16.1 Å². The largest absolute Gasteiger partial charge is 0.465 e. The second kappa shape index (κ2) is 8.39. The van der Waals surface area contributed by atoms with E-state index in [0.29, 0.717) is 17.9 Å². The zero-order valence-electron chi connectivity index (χ0n) is 13.2. The van der Waals surface area contributed by atoms with Crippen molar-refractivity contribution in [1.29, 1.82) is 0 Å². The van der Waals surface area contributed by atoms with E-state index in [4.69, 9.17) is 0 Å². The van der Waals surface area contributed by atoms with Crippen molar-refractivity contribution in [1.82, 2.24) is 5.32 Å². The van der Waals surface area contributed by atoms with Gasteiger partial charge in [0.15, 0.2) is 0 Å². The summed E-state index contributed by atoms with van der Waals surface area (Å²) < 4.78 is 4.64. The fraction of sp³-hybridized carbons (Fsp3) is 0.222. The summed E-state index contributed by atoms with van der Waals surface area (Å²) in [6.07, 6.45) is 0. The Balaban J connectivity index is 1.77. The first-order chi connectivity index (χ1) is 11.1. The lowest BCUT2D eigenvalue weighted by Crippen LogP contribution is -2.24. The highest BCUT2D eigenvalue weighted by atomic mass is 32.2. The molecule has 120 valence electrons. The number of methoxy groups -OCH3 is 1. The highest BCUT2D eigenvalue weighted by Crippen LogP contribution is 2.17. The number of hydrogen-bond donors (Lipinski definition) is 1. The molecule has 0 bridgehead atoms. The number of carbonyl (C=O) groups is 2. The van der Waals surface area contributed by atoms with Gasteiger partial charge in [0.2, 0.25) is 5.91 Å². The molecule has 0 aliphatic carbocycles. The minimum atomic E-state index is -0.366. The van der Waals surface area contributed by atoms with Gasteiger partial charge in [0.1, 0.15) is 0 Å². The van der Waals surface area contributed by atoms with E-state index < -0.39 is 0 Å². The van der Waals surface area contributed by atoms with Crippen molar-refractivity contribution in [3.63, 3.8) is 0 Å². The van der Waals surface area contributed by atoms with Crippen LogP contribution < -0.4 is 5.32 Å². The van der Waals surface area contributed by atoms with Crippen molar-refractivity contribution in [2.75, 3.05) is 12.9 Å². The normalized spacial score (nSPS) is 10.2. The van der Waals surface area contributed by atoms with Gasteiger partial charge in [-0.15, -0.1) is 11.8 Å². The Kier molecular flexibility index (Phi) is 6.23. The van der Waals surface area contributed by atoms with Crippen LogP contribution in [0.4, 0.5) is 0 Å². The molecule has 1 amide bonds. The fourth-order valence-electron chi connectivity index (χ4n) is 1.91. The molecule has 5 heteroatoms. The Hall–Kier alpha value is -2.27. The molecule has 0 aromatic heterocycles. The highest BCUT2D eigenvalue weighted by Gasteiger charge is 2.06. The molecular weight excluding hydrogens is 310 g/mol. The molecule has 2 aromatic rings. The Bertz CT molecular complexity index is 666. The summed E-state index contributed by atoms with van der Waals surface area (Å²) >= 11 is 1.51. The van der Waals surface area contributed by atoms with Crippen LogP contribution in [0, 0.1) is 6.92 Å². The molecule has 0 heterocycles. The molecule has 0 radical (unpaired) electrons. The van der Waals surface area contributed by atoms with Gasteiger partial charge in [-0.25, -0.2) is 4.79 Å². The first kappa shape index (κ1) is 17.1. The van der Waals surface area contributed by atoms with Crippen LogP contribution in [0.15, 0.2) is 53.4 Å². The maximum absolute atomic E-state index is 11.9. The van der Waals surface area contributed by atoms with Gasteiger partial charge in [0, 0.05) is 11.4 Å². The van der Waals surface area contributed by atoms with Crippen molar-refractivity contribution in [2.24, 2.45) is 0 Å². The molecule has 0 atom stereocenters. The average molecular weight is 329 g/mol. The molecule has 23 heavy (non-hydrogen) atoms. The van der Waals surface area contributed by atoms with E-state index in [9.17, 15) is 9.59 Å². The van der Waals surface area contributed by atoms with Crippen LogP contribution >= 0.6 is 11.8 Å². The summed E-state index contributed by atoms with van der Waals surface area (Å²) in [5.41, 5.74) is 2.64. The Morgan fingerprint density at radius 2 is 1.70 bits per heavy atom. The molecule has 0 aliphatic rings. The van der Waals surface area contributed by atoms with Crippen LogP contribution in [0.3, 0.4) is 0 Å². The lowest BCUT2D eigenvalue weighted by Gasteiger charge is -2.06. The fourth-order valence-corrected chi connectivity index (χ4v) is 2.64. The van der Waals surface area contributed by atoms with Crippen LogP contribution in [0.25, 0.3) is 0 Å². The number of ether oxygens (including phenoxy) is 1. The number of thioether (sulfide) groups is 1. The molecule has 2 rings (SSSR count). The van der Waals surface area contributed by atoms with Gasteiger partial charge in [0.05, 0.1) is 18.4 Å². The molecule has 1 N–H and O–H groups in total. The van der Waals surface area contributed by atoms with Crippen LogP contribution in [-0.4, -0.2) is 24.7 Å². The average Bonchev–Trinajstić information content (AvgIpc) is 2.59. The van der Waals surface area contributed by atoms with Gasteiger partial charge in [-0.2, -0.15) is 0 Å². The number of carbonyl (C=O) groups excluding carboxylic acids is 2. The smallest absolute Gasteiger partial charge is 0.337 e. The first-order valence-corrected chi connectivity index (χ1v) is 8.20. The molecular formula is C18H19NO3S. The van der Waals surface area contributed by atoms with E-state index in [2.05, 4.69) is 10.1 Å². The monoisotopic (exact) mass is 329 g/mol. The van der Waals surface area contributed by atoms with E-state index >= 15 is 0 Å². The number of aryl methyl sites for hydroxylation is 1. The first-order valence-electron chi connectivity index (χ1n) is 7.22. The molecule has 0 aliphatic heterocycles. The standard InChI is InChI=1S/C18H19NO3S/c1-13-3-9-16(10-4-13)23-12-17(20)19-11-14-5-7-15(8-6-14)18(21)22-2/h3-10H,11-12H2,1-2H3,(H,19,20). The number of rotatable bonds is 6. The minimum absolute atomic E-state index is 0.0207. The number of hydrogen-bond acceptors (Lipinski definition) is 4. The molecule has 2 aromatic carbocycles.